The van der Waals surface area contributed by atoms with Crippen LogP contribution in [0.15, 0.2) is 71.9 Å². The molecule has 0 fully saturated rings. The molecule has 1 aromatic heterocycles. The van der Waals surface area contributed by atoms with Gasteiger partial charge in [-0.05, 0) is 29.3 Å². The fourth-order valence-electron chi connectivity index (χ4n) is 2.53. The number of rotatable bonds is 6. The number of halogens is 3. The average molecular weight is 395 g/mol. The number of nitrogens with one attached hydrogen (secondary N) is 1. The van der Waals surface area contributed by atoms with Crippen LogP contribution in [0.3, 0.4) is 0 Å². The summed E-state index contributed by atoms with van der Waals surface area (Å²) in [7, 11) is -4.31. The van der Waals surface area contributed by atoms with Crippen LogP contribution < -0.4 is 4.72 Å². The fourth-order valence-corrected chi connectivity index (χ4v) is 3.78. The molecular formula is C18H16F3N3O2S. The smallest absolute Gasteiger partial charge is 0.268 e. The van der Waals surface area contributed by atoms with Gasteiger partial charge in [0.1, 0.15) is 0 Å². The van der Waals surface area contributed by atoms with Crippen molar-refractivity contribution in [3.63, 3.8) is 0 Å². The highest BCUT2D eigenvalue weighted by atomic mass is 32.2. The van der Waals surface area contributed by atoms with Gasteiger partial charge in [0.2, 0.25) is 10.0 Å². The van der Waals surface area contributed by atoms with Crippen LogP contribution in [0.25, 0.3) is 0 Å². The number of nitrogens with zero attached hydrogens (tertiary/aromatic N) is 2. The van der Waals surface area contributed by atoms with E-state index in [0.717, 1.165) is 23.8 Å². The van der Waals surface area contributed by atoms with Crippen molar-refractivity contribution in [2.75, 3.05) is 0 Å². The van der Waals surface area contributed by atoms with Crippen molar-refractivity contribution in [2.24, 2.45) is 0 Å². The van der Waals surface area contributed by atoms with Crippen molar-refractivity contribution in [3.05, 3.63) is 83.7 Å². The molecule has 0 amide bonds. The van der Waals surface area contributed by atoms with E-state index in [-0.39, 0.29) is 6.54 Å². The number of hydrogen-bond donors (Lipinski definition) is 1. The van der Waals surface area contributed by atoms with Crippen LogP contribution in [0, 0.1) is 0 Å². The van der Waals surface area contributed by atoms with Crippen LogP contribution in [0.5, 0.6) is 0 Å². The molecule has 0 radical (unpaired) electrons. The van der Waals surface area contributed by atoms with Crippen molar-refractivity contribution in [2.45, 2.75) is 24.2 Å². The fraction of sp³-hybridized carbons (Fsp3) is 0.167. The first-order chi connectivity index (χ1) is 12.8. The maximum absolute atomic E-state index is 13.0. The molecule has 1 N–H and O–H groups in total. The van der Waals surface area contributed by atoms with Crippen molar-refractivity contribution in [1.82, 2.24) is 14.5 Å². The Labute approximate surface area is 154 Å². The lowest BCUT2D eigenvalue weighted by molar-refractivity contribution is -0.139. The summed E-state index contributed by atoms with van der Waals surface area (Å²) in [4.78, 5) is -0.784. The van der Waals surface area contributed by atoms with E-state index in [4.69, 9.17) is 0 Å². The van der Waals surface area contributed by atoms with Crippen LogP contribution in [0.1, 0.15) is 16.7 Å². The topological polar surface area (TPSA) is 64.0 Å². The summed E-state index contributed by atoms with van der Waals surface area (Å²) in [5, 5.41) is 4.10. The number of hydrogen-bond acceptors (Lipinski definition) is 3. The minimum Gasteiger partial charge on any atom is -0.268 e. The number of aromatic nitrogens is 2. The SMILES string of the molecule is O=S(=O)(NCc1ccc(Cn2cccn2)cc1)c1ccccc1C(F)(F)F. The highest BCUT2D eigenvalue weighted by Gasteiger charge is 2.36. The van der Waals surface area contributed by atoms with Gasteiger partial charge in [0, 0.05) is 18.9 Å². The zero-order valence-electron chi connectivity index (χ0n) is 14.0. The molecule has 0 aliphatic carbocycles. The molecule has 0 atom stereocenters. The van der Waals surface area contributed by atoms with Crippen LogP contribution >= 0.6 is 0 Å². The minimum absolute atomic E-state index is 0.115. The molecule has 9 heteroatoms. The lowest BCUT2D eigenvalue weighted by Crippen LogP contribution is -2.26. The van der Waals surface area contributed by atoms with E-state index in [1.165, 1.54) is 6.07 Å². The van der Waals surface area contributed by atoms with Crippen molar-refractivity contribution < 1.29 is 21.6 Å². The number of alkyl halides is 3. The van der Waals surface area contributed by atoms with E-state index >= 15 is 0 Å². The van der Waals surface area contributed by atoms with Gasteiger partial charge in [-0.2, -0.15) is 18.3 Å². The Bertz CT molecular complexity index is 999. The van der Waals surface area contributed by atoms with Gasteiger partial charge in [0.25, 0.3) is 0 Å². The maximum atomic E-state index is 13.0. The van der Waals surface area contributed by atoms with Crippen LogP contribution in [0.2, 0.25) is 0 Å². The summed E-state index contributed by atoms with van der Waals surface area (Å²) < 4.78 is 67.8. The van der Waals surface area contributed by atoms with Crippen LogP contribution in [-0.4, -0.2) is 18.2 Å². The molecule has 0 aliphatic heterocycles. The van der Waals surface area contributed by atoms with Crippen molar-refractivity contribution in [3.8, 4) is 0 Å². The van der Waals surface area contributed by atoms with Crippen LogP contribution in [-0.2, 0) is 29.3 Å². The third-order valence-electron chi connectivity index (χ3n) is 3.88. The molecule has 5 nitrogen and oxygen atoms in total. The molecule has 3 rings (SSSR count). The van der Waals surface area contributed by atoms with Gasteiger partial charge >= 0.3 is 6.18 Å². The van der Waals surface area contributed by atoms with Gasteiger partial charge in [0.05, 0.1) is 17.0 Å². The van der Waals surface area contributed by atoms with Gasteiger partial charge in [-0.1, -0.05) is 36.4 Å². The third-order valence-corrected chi connectivity index (χ3v) is 5.33. The summed E-state index contributed by atoms with van der Waals surface area (Å²) in [6, 6.07) is 13.0. The predicted octanol–water partition coefficient (Wildman–Crippen LogP) is 3.43. The summed E-state index contributed by atoms with van der Waals surface area (Å²) in [6.07, 6.45) is -1.26. The normalized spacial score (nSPS) is 12.3. The predicted molar refractivity (Wildman–Crippen MR) is 93.2 cm³/mol. The molecular weight excluding hydrogens is 379 g/mol. The zero-order valence-corrected chi connectivity index (χ0v) is 14.8. The van der Waals surface area contributed by atoms with Crippen LogP contribution in [0.4, 0.5) is 13.2 Å². The van der Waals surface area contributed by atoms with E-state index < -0.39 is 26.7 Å². The van der Waals surface area contributed by atoms with E-state index in [2.05, 4.69) is 9.82 Å². The molecule has 0 spiro atoms. The first-order valence-electron chi connectivity index (χ1n) is 7.97. The van der Waals surface area contributed by atoms with E-state index in [1.54, 1.807) is 23.0 Å². The highest BCUT2D eigenvalue weighted by molar-refractivity contribution is 7.89. The Kier molecular flexibility index (Phi) is 5.33. The quantitative estimate of drug-likeness (QED) is 0.696. The molecule has 2 aromatic carbocycles. The largest absolute Gasteiger partial charge is 0.417 e. The molecule has 0 bridgehead atoms. The second kappa shape index (κ2) is 7.53. The molecule has 0 saturated carbocycles. The summed E-state index contributed by atoms with van der Waals surface area (Å²) in [5.41, 5.74) is 0.409. The molecule has 27 heavy (non-hydrogen) atoms. The van der Waals surface area contributed by atoms with Gasteiger partial charge < -0.3 is 0 Å². The standard InChI is InChI=1S/C18H16F3N3O2S/c19-18(20,21)16-4-1-2-5-17(16)27(25,26)23-12-14-6-8-15(9-7-14)13-24-11-3-10-22-24/h1-11,23H,12-13H2. The van der Waals surface area contributed by atoms with E-state index in [9.17, 15) is 21.6 Å². The lowest BCUT2D eigenvalue weighted by atomic mass is 10.1. The second-order valence-corrected chi connectivity index (χ2v) is 7.57. The van der Waals surface area contributed by atoms with E-state index in [0.29, 0.717) is 12.1 Å². The summed E-state index contributed by atoms with van der Waals surface area (Å²) in [6.45, 7) is 0.453. The molecule has 3 aromatic rings. The number of sulfonamides is 1. The Hall–Kier alpha value is -2.65. The molecule has 0 saturated heterocycles. The lowest BCUT2D eigenvalue weighted by Gasteiger charge is -2.14. The first-order valence-corrected chi connectivity index (χ1v) is 9.45. The summed E-state index contributed by atoms with van der Waals surface area (Å²) in [5.74, 6) is 0. The molecule has 0 unspecified atom stereocenters. The molecule has 1 heterocycles. The first kappa shape index (κ1) is 19.1. The Morgan fingerprint density at radius 3 is 2.26 bits per heavy atom. The Morgan fingerprint density at radius 1 is 0.963 bits per heavy atom. The van der Waals surface area contributed by atoms with Crippen molar-refractivity contribution in [1.29, 1.82) is 0 Å². The molecule has 0 aliphatic rings. The van der Waals surface area contributed by atoms with Gasteiger partial charge in [0.15, 0.2) is 0 Å². The summed E-state index contributed by atoms with van der Waals surface area (Å²) >= 11 is 0. The zero-order chi connectivity index (χ0) is 19.5. The van der Waals surface area contributed by atoms with Crippen molar-refractivity contribution >= 4 is 10.0 Å². The van der Waals surface area contributed by atoms with Gasteiger partial charge in [-0.3, -0.25) is 4.68 Å². The third kappa shape index (κ3) is 4.75. The highest BCUT2D eigenvalue weighted by Crippen LogP contribution is 2.33. The molecule has 142 valence electrons. The maximum Gasteiger partial charge on any atom is 0.417 e. The monoisotopic (exact) mass is 395 g/mol. The average Bonchev–Trinajstić information content (AvgIpc) is 3.13. The van der Waals surface area contributed by atoms with Gasteiger partial charge in [-0.25, -0.2) is 13.1 Å². The minimum atomic E-state index is -4.75. The van der Waals surface area contributed by atoms with E-state index in [1.807, 2.05) is 24.4 Å². The number of benzene rings is 2. The van der Waals surface area contributed by atoms with Gasteiger partial charge in [-0.15, -0.1) is 0 Å². The Balaban J connectivity index is 1.71. The second-order valence-electron chi connectivity index (χ2n) is 5.84. The Morgan fingerprint density at radius 2 is 1.63 bits per heavy atom.